The Hall–Kier alpha value is -3.47. The number of nitrogens with one attached hydrogen (secondary N) is 2. The lowest BCUT2D eigenvalue weighted by Crippen LogP contribution is -2.22. The molecule has 4 aromatic rings. The van der Waals surface area contributed by atoms with Crippen molar-refractivity contribution in [2.24, 2.45) is 0 Å². The zero-order valence-corrected chi connectivity index (χ0v) is 20.6. The molecule has 7 nitrogen and oxygen atoms in total. The number of ether oxygens (including phenoxy) is 2. The summed E-state index contributed by atoms with van der Waals surface area (Å²) in [4.78, 5) is 17.4. The van der Waals surface area contributed by atoms with Gasteiger partial charge in [0, 0.05) is 28.7 Å². The second-order valence-corrected chi connectivity index (χ2v) is 9.24. The van der Waals surface area contributed by atoms with Gasteiger partial charge < -0.3 is 24.5 Å². The molecule has 2 heterocycles. The summed E-state index contributed by atoms with van der Waals surface area (Å²) in [6.45, 7) is 10.6. The number of carbonyl (C=O) groups is 1. The van der Waals surface area contributed by atoms with Crippen molar-refractivity contribution in [1.29, 1.82) is 5.26 Å². The number of aromatic carboxylic acids is 1. The van der Waals surface area contributed by atoms with E-state index in [0.29, 0.717) is 29.9 Å². The minimum absolute atomic E-state index is 0.0236. The van der Waals surface area contributed by atoms with E-state index in [1.165, 1.54) is 6.07 Å². The number of halogens is 1. The van der Waals surface area contributed by atoms with Crippen LogP contribution in [0.5, 0.6) is 5.75 Å². The third kappa shape index (κ3) is 5.53. The monoisotopic (exact) mass is 481 g/mol. The zero-order valence-electron chi connectivity index (χ0n) is 19.9. The van der Waals surface area contributed by atoms with Crippen LogP contribution in [-0.2, 0) is 4.74 Å². The Bertz CT molecular complexity index is 1370. The molecule has 178 valence electrons. The van der Waals surface area contributed by atoms with Crippen LogP contribution in [0.15, 0.2) is 36.7 Å². The first kappa shape index (κ1) is 25.2. The highest BCUT2D eigenvalue weighted by Crippen LogP contribution is 2.34. The van der Waals surface area contributed by atoms with Crippen LogP contribution in [0.1, 0.15) is 47.8 Å². The summed E-state index contributed by atoms with van der Waals surface area (Å²) in [7, 11) is 0. The highest BCUT2D eigenvalue weighted by Gasteiger charge is 2.17. The van der Waals surface area contributed by atoms with E-state index in [2.05, 4.69) is 16.0 Å². The summed E-state index contributed by atoms with van der Waals surface area (Å²) < 4.78 is 11.2. The van der Waals surface area contributed by atoms with Crippen LogP contribution in [-0.4, -0.2) is 39.9 Å². The van der Waals surface area contributed by atoms with E-state index in [-0.39, 0.29) is 16.2 Å². The Morgan fingerprint density at radius 2 is 1.74 bits per heavy atom. The number of carboxylic acid groups (broad SMARTS) is 1. The van der Waals surface area contributed by atoms with Crippen LogP contribution in [0.25, 0.3) is 21.8 Å². The van der Waals surface area contributed by atoms with Crippen molar-refractivity contribution in [2.45, 2.75) is 40.2 Å². The lowest BCUT2D eigenvalue weighted by Gasteiger charge is -2.19. The first-order valence-electron chi connectivity index (χ1n) is 10.8. The van der Waals surface area contributed by atoms with Gasteiger partial charge in [-0.3, -0.25) is 0 Å². The van der Waals surface area contributed by atoms with Crippen molar-refractivity contribution in [3.8, 4) is 11.8 Å². The van der Waals surface area contributed by atoms with E-state index in [1.807, 2.05) is 52.9 Å². The third-order valence-corrected chi connectivity index (χ3v) is 5.69. The number of rotatable bonds is 5. The standard InChI is InChI=1S/C15H18ClNO4.C11H10N2/c1-15(2,3)21-7-6-20-11-8-10(14(18)19)12(16)9-4-5-17-13(9)11;1-7-5-9(6-12)8(2)10-3-4-13-11(7)10/h4-5,8,17H,6-7H2,1-3H3,(H,18,19);3-5,13H,1-2H3. The molecule has 0 saturated heterocycles. The van der Waals surface area contributed by atoms with Crippen LogP contribution in [0.2, 0.25) is 5.02 Å². The van der Waals surface area contributed by atoms with Gasteiger partial charge >= 0.3 is 5.97 Å². The minimum Gasteiger partial charge on any atom is -0.489 e. The number of aromatic amines is 2. The second-order valence-electron chi connectivity index (χ2n) is 8.86. The number of aryl methyl sites for hydroxylation is 2. The lowest BCUT2D eigenvalue weighted by atomic mass is 10.0. The van der Waals surface area contributed by atoms with Crippen LogP contribution < -0.4 is 4.74 Å². The number of carboxylic acids is 1. The summed E-state index contributed by atoms with van der Waals surface area (Å²) in [5.41, 5.74) is 4.56. The third-order valence-electron chi connectivity index (χ3n) is 5.28. The summed E-state index contributed by atoms with van der Waals surface area (Å²) in [6.07, 6.45) is 3.60. The maximum Gasteiger partial charge on any atom is 0.337 e. The van der Waals surface area contributed by atoms with Gasteiger partial charge in [-0.25, -0.2) is 4.79 Å². The van der Waals surface area contributed by atoms with Gasteiger partial charge in [-0.1, -0.05) is 11.6 Å². The molecule has 0 fully saturated rings. The summed E-state index contributed by atoms with van der Waals surface area (Å²) in [5, 5.41) is 20.1. The fourth-order valence-electron chi connectivity index (χ4n) is 3.60. The van der Waals surface area contributed by atoms with Crippen molar-refractivity contribution in [1.82, 2.24) is 9.97 Å². The van der Waals surface area contributed by atoms with Crippen molar-refractivity contribution in [2.75, 3.05) is 13.2 Å². The summed E-state index contributed by atoms with van der Waals surface area (Å²) in [5.74, 6) is -0.631. The average molecular weight is 482 g/mol. The van der Waals surface area contributed by atoms with Gasteiger partial charge in [-0.15, -0.1) is 0 Å². The molecular formula is C26H28ClN3O4. The Balaban J connectivity index is 0.000000212. The largest absolute Gasteiger partial charge is 0.489 e. The van der Waals surface area contributed by atoms with E-state index >= 15 is 0 Å². The number of fused-ring (bicyclic) bond motifs is 2. The molecule has 0 aliphatic carbocycles. The Kier molecular flexibility index (Phi) is 7.55. The highest BCUT2D eigenvalue weighted by molar-refractivity contribution is 6.38. The molecule has 34 heavy (non-hydrogen) atoms. The van der Waals surface area contributed by atoms with Gasteiger partial charge in [0.25, 0.3) is 0 Å². The lowest BCUT2D eigenvalue weighted by molar-refractivity contribution is -0.0161. The van der Waals surface area contributed by atoms with E-state index in [1.54, 1.807) is 12.3 Å². The number of hydrogen-bond acceptors (Lipinski definition) is 4. The first-order valence-corrected chi connectivity index (χ1v) is 11.2. The smallest absolute Gasteiger partial charge is 0.337 e. The molecular weight excluding hydrogens is 454 g/mol. The van der Waals surface area contributed by atoms with Crippen molar-refractivity contribution < 1.29 is 19.4 Å². The minimum atomic E-state index is -1.08. The van der Waals surface area contributed by atoms with Crippen LogP contribution in [0, 0.1) is 25.2 Å². The van der Waals surface area contributed by atoms with E-state index in [9.17, 15) is 9.90 Å². The van der Waals surface area contributed by atoms with Gasteiger partial charge in [0.1, 0.15) is 12.4 Å². The SMILES string of the molecule is CC(C)(C)OCCOc1cc(C(=O)O)c(Cl)c2cc[nH]c12.Cc1c(C#N)cc(C)c2[nH]ccc12. The van der Waals surface area contributed by atoms with Crippen molar-refractivity contribution in [3.63, 3.8) is 0 Å². The van der Waals surface area contributed by atoms with Crippen molar-refractivity contribution in [3.05, 3.63) is 63.9 Å². The normalized spacial score (nSPS) is 11.2. The van der Waals surface area contributed by atoms with Gasteiger partial charge in [0.15, 0.2) is 0 Å². The fourth-order valence-corrected chi connectivity index (χ4v) is 3.90. The number of benzene rings is 2. The molecule has 0 saturated carbocycles. The first-order chi connectivity index (χ1) is 16.0. The number of hydrogen-bond donors (Lipinski definition) is 3. The summed E-state index contributed by atoms with van der Waals surface area (Å²) >= 11 is 6.09. The van der Waals surface area contributed by atoms with Gasteiger partial charge in [-0.2, -0.15) is 5.26 Å². The molecule has 0 spiro atoms. The maximum atomic E-state index is 11.2. The van der Waals surface area contributed by atoms with Gasteiger partial charge in [0.2, 0.25) is 0 Å². The van der Waals surface area contributed by atoms with Crippen LogP contribution in [0.4, 0.5) is 0 Å². The molecule has 0 amide bonds. The molecule has 0 unspecified atom stereocenters. The predicted octanol–water partition coefficient (Wildman–Crippen LogP) is 6.37. The predicted molar refractivity (Wildman–Crippen MR) is 134 cm³/mol. The molecule has 0 bridgehead atoms. The molecule has 0 atom stereocenters. The van der Waals surface area contributed by atoms with E-state index in [4.69, 9.17) is 26.3 Å². The molecule has 4 rings (SSSR count). The molecule has 0 aliphatic heterocycles. The molecule has 0 radical (unpaired) electrons. The van der Waals surface area contributed by atoms with Gasteiger partial charge in [-0.05, 0) is 70.0 Å². The number of nitriles is 1. The Morgan fingerprint density at radius 3 is 2.35 bits per heavy atom. The van der Waals surface area contributed by atoms with Crippen LogP contribution in [0.3, 0.4) is 0 Å². The molecule has 2 aromatic heterocycles. The molecule has 8 heteroatoms. The van der Waals surface area contributed by atoms with Crippen molar-refractivity contribution >= 4 is 39.4 Å². The van der Waals surface area contributed by atoms with Gasteiger partial charge in [0.05, 0.1) is 39.9 Å². The maximum absolute atomic E-state index is 11.2. The fraction of sp³-hybridized carbons (Fsp3) is 0.308. The zero-order chi connectivity index (χ0) is 25.0. The average Bonchev–Trinajstić information content (AvgIpc) is 3.45. The Morgan fingerprint density at radius 1 is 1.09 bits per heavy atom. The Labute approximate surface area is 203 Å². The highest BCUT2D eigenvalue weighted by atomic mass is 35.5. The van der Waals surface area contributed by atoms with E-state index in [0.717, 1.165) is 27.6 Å². The van der Waals surface area contributed by atoms with Crippen LogP contribution >= 0.6 is 11.6 Å². The molecule has 3 N–H and O–H groups in total. The quantitative estimate of drug-likeness (QED) is 0.287. The summed E-state index contributed by atoms with van der Waals surface area (Å²) in [6, 6.07) is 9.30. The number of H-pyrrole nitrogens is 2. The molecule has 2 aromatic carbocycles. The topological polar surface area (TPSA) is 111 Å². The van der Waals surface area contributed by atoms with E-state index < -0.39 is 5.97 Å². The second kappa shape index (κ2) is 10.2. The number of nitrogens with zero attached hydrogens (tertiary/aromatic N) is 1. The molecule has 0 aliphatic rings. The number of aromatic nitrogens is 2.